The highest BCUT2D eigenvalue weighted by molar-refractivity contribution is 9.10. The number of rotatable bonds is 5. The Morgan fingerprint density at radius 2 is 1.95 bits per heavy atom. The van der Waals surface area contributed by atoms with Crippen LogP contribution >= 0.6 is 15.9 Å². The topological polar surface area (TPSA) is 64.4 Å². The van der Waals surface area contributed by atoms with Crippen molar-refractivity contribution in [1.29, 1.82) is 0 Å². The molecule has 1 N–H and O–H groups in total. The number of halogens is 1. The average molecular weight is 351 g/mol. The molecule has 110 valence electrons. The molecule has 0 amide bonds. The van der Waals surface area contributed by atoms with Crippen LogP contribution in [0.5, 0.6) is 11.5 Å². The highest BCUT2D eigenvalue weighted by atomic mass is 79.9. The molecule has 0 aromatic heterocycles. The molecule has 0 saturated heterocycles. The molecule has 2 aromatic rings. The largest absolute Gasteiger partial charge is 0.450 e. The second-order valence-corrected chi connectivity index (χ2v) is 5.53. The molecule has 0 aliphatic carbocycles. The van der Waals surface area contributed by atoms with Gasteiger partial charge in [-0.15, -0.1) is 0 Å². The van der Waals surface area contributed by atoms with Gasteiger partial charge in [0, 0.05) is 22.6 Å². The Morgan fingerprint density at radius 1 is 1.24 bits per heavy atom. The van der Waals surface area contributed by atoms with Crippen LogP contribution in [0.25, 0.3) is 0 Å². The Hall–Kier alpha value is -1.92. The third-order valence-electron chi connectivity index (χ3n) is 2.92. The molecule has 21 heavy (non-hydrogen) atoms. The molecular formula is C15H15BrN2O3. The molecule has 2 rings (SSSR count). The van der Waals surface area contributed by atoms with Crippen LogP contribution in [0, 0.1) is 17.0 Å². The fraction of sp³-hybridized carbons (Fsp3) is 0.200. The van der Waals surface area contributed by atoms with Gasteiger partial charge in [-0.05, 0) is 32.2 Å². The first-order valence-electron chi connectivity index (χ1n) is 6.37. The maximum absolute atomic E-state index is 11.1. The van der Waals surface area contributed by atoms with Gasteiger partial charge in [-0.3, -0.25) is 10.1 Å². The fourth-order valence-corrected chi connectivity index (χ4v) is 2.32. The van der Waals surface area contributed by atoms with E-state index in [1.807, 2.05) is 32.2 Å². The van der Waals surface area contributed by atoms with Crippen LogP contribution in [0.4, 0.5) is 5.69 Å². The van der Waals surface area contributed by atoms with E-state index in [1.165, 1.54) is 6.07 Å². The molecule has 0 unspecified atom stereocenters. The number of ether oxygens (including phenoxy) is 1. The van der Waals surface area contributed by atoms with Crippen molar-refractivity contribution in [2.24, 2.45) is 0 Å². The van der Waals surface area contributed by atoms with Gasteiger partial charge in [-0.1, -0.05) is 33.6 Å². The van der Waals surface area contributed by atoms with Crippen LogP contribution in [-0.4, -0.2) is 12.0 Å². The lowest BCUT2D eigenvalue weighted by molar-refractivity contribution is -0.385. The molecule has 0 aliphatic heterocycles. The number of nitrogens with one attached hydrogen (secondary N) is 1. The van der Waals surface area contributed by atoms with Gasteiger partial charge in [0.15, 0.2) is 0 Å². The smallest absolute Gasteiger partial charge is 0.312 e. The van der Waals surface area contributed by atoms with E-state index in [2.05, 4.69) is 21.2 Å². The number of benzene rings is 2. The van der Waals surface area contributed by atoms with E-state index in [0.717, 1.165) is 11.1 Å². The van der Waals surface area contributed by atoms with Gasteiger partial charge in [-0.25, -0.2) is 0 Å². The predicted octanol–water partition coefficient (Wildman–Crippen LogP) is 4.18. The number of aryl methyl sites for hydroxylation is 1. The van der Waals surface area contributed by atoms with Gasteiger partial charge in [-0.2, -0.15) is 0 Å². The number of nitro groups is 1. The van der Waals surface area contributed by atoms with Gasteiger partial charge in [0.1, 0.15) is 5.75 Å². The Labute approximate surface area is 131 Å². The molecule has 0 aliphatic rings. The molecule has 0 saturated carbocycles. The van der Waals surface area contributed by atoms with E-state index in [4.69, 9.17) is 4.74 Å². The normalized spacial score (nSPS) is 10.4. The molecule has 0 radical (unpaired) electrons. The Balaban J connectivity index is 2.40. The first-order valence-corrected chi connectivity index (χ1v) is 7.16. The van der Waals surface area contributed by atoms with Crippen LogP contribution in [0.2, 0.25) is 0 Å². The van der Waals surface area contributed by atoms with Gasteiger partial charge in [0.2, 0.25) is 5.75 Å². The van der Waals surface area contributed by atoms with Gasteiger partial charge in [0.05, 0.1) is 4.92 Å². The lowest BCUT2D eigenvalue weighted by atomic mass is 10.1. The first-order chi connectivity index (χ1) is 10.0. The van der Waals surface area contributed by atoms with E-state index >= 15 is 0 Å². The summed E-state index contributed by atoms with van der Waals surface area (Å²) in [5.41, 5.74) is 1.99. The highest BCUT2D eigenvalue weighted by Crippen LogP contribution is 2.35. The number of nitrogens with zero attached hydrogens (tertiary/aromatic N) is 1. The van der Waals surface area contributed by atoms with Crippen molar-refractivity contribution in [2.75, 3.05) is 7.05 Å². The lowest BCUT2D eigenvalue weighted by Crippen LogP contribution is -2.07. The fourth-order valence-electron chi connectivity index (χ4n) is 1.97. The van der Waals surface area contributed by atoms with Crippen molar-refractivity contribution < 1.29 is 9.66 Å². The second-order valence-electron chi connectivity index (χ2n) is 4.61. The molecule has 0 atom stereocenters. The second kappa shape index (κ2) is 6.69. The number of nitro benzene ring substituents is 1. The summed E-state index contributed by atoms with van der Waals surface area (Å²) in [6.45, 7) is 2.62. The summed E-state index contributed by atoms with van der Waals surface area (Å²) < 4.78 is 6.40. The highest BCUT2D eigenvalue weighted by Gasteiger charge is 2.17. The molecule has 0 spiro atoms. The van der Waals surface area contributed by atoms with Crippen LogP contribution in [0.1, 0.15) is 11.1 Å². The zero-order valence-corrected chi connectivity index (χ0v) is 13.3. The minimum atomic E-state index is -0.452. The summed E-state index contributed by atoms with van der Waals surface area (Å²) in [7, 11) is 1.84. The molecule has 2 aromatic carbocycles. The predicted molar refractivity (Wildman–Crippen MR) is 84.8 cm³/mol. The molecule has 0 heterocycles. The number of hydrogen-bond acceptors (Lipinski definition) is 4. The van der Waals surface area contributed by atoms with Crippen LogP contribution < -0.4 is 10.1 Å². The van der Waals surface area contributed by atoms with E-state index in [0.29, 0.717) is 16.8 Å². The zero-order chi connectivity index (χ0) is 15.4. The first kappa shape index (κ1) is 15.5. The summed E-state index contributed by atoms with van der Waals surface area (Å²) in [6.07, 6.45) is 0. The van der Waals surface area contributed by atoms with Crippen LogP contribution in [-0.2, 0) is 6.54 Å². The van der Waals surface area contributed by atoms with Crippen molar-refractivity contribution in [3.8, 4) is 11.5 Å². The van der Waals surface area contributed by atoms with Crippen molar-refractivity contribution in [3.05, 3.63) is 62.1 Å². The standard InChI is InChI=1S/C15H15BrN2O3/c1-10-3-5-14(11(7-10)9-17-2)21-15-6-4-12(16)8-13(15)18(19)20/h3-8,17H,9H2,1-2H3. The zero-order valence-electron chi connectivity index (χ0n) is 11.7. The van der Waals surface area contributed by atoms with E-state index in [-0.39, 0.29) is 11.4 Å². The lowest BCUT2D eigenvalue weighted by Gasteiger charge is -2.12. The monoisotopic (exact) mass is 350 g/mol. The molecular weight excluding hydrogens is 336 g/mol. The minimum absolute atomic E-state index is 0.0691. The number of hydrogen-bond donors (Lipinski definition) is 1. The maximum Gasteiger partial charge on any atom is 0.312 e. The maximum atomic E-state index is 11.1. The third kappa shape index (κ3) is 3.80. The Morgan fingerprint density at radius 3 is 2.62 bits per heavy atom. The summed E-state index contributed by atoms with van der Waals surface area (Å²) >= 11 is 3.23. The Kier molecular flexibility index (Phi) is 4.93. The molecule has 5 nitrogen and oxygen atoms in total. The average Bonchev–Trinajstić information content (AvgIpc) is 2.43. The third-order valence-corrected chi connectivity index (χ3v) is 3.41. The van der Waals surface area contributed by atoms with Crippen molar-refractivity contribution in [1.82, 2.24) is 5.32 Å². The summed E-state index contributed by atoms with van der Waals surface area (Å²) in [4.78, 5) is 10.7. The van der Waals surface area contributed by atoms with E-state index in [1.54, 1.807) is 12.1 Å². The van der Waals surface area contributed by atoms with Crippen molar-refractivity contribution in [3.63, 3.8) is 0 Å². The Bertz CT molecular complexity index is 674. The molecule has 0 bridgehead atoms. The van der Waals surface area contributed by atoms with E-state index < -0.39 is 4.92 Å². The van der Waals surface area contributed by atoms with Crippen LogP contribution in [0.3, 0.4) is 0 Å². The minimum Gasteiger partial charge on any atom is -0.450 e. The van der Waals surface area contributed by atoms with Gasteiger partial charge in [0.25, 0.3) is 0 Å². The molecule has 0 fully saturated rings. The summed E-state index contributed by atoms with van der Waals surface area (Å²) in [5.74, 6) is 0.838. The molecule has 6 heteroatoms. The van der Waals surface area contributed by atoms with Gasteiger partial charge >= 0.3 is 5.69 Å². The summed E-state index contributed by atoms with van der Waals surface area (Å²) in [6, 6.07) is 10.5. The SMILES string of the molecule is CNCc1cc(C)ccc1Oc1ccc(Br)cc1[N+](=O)[O-]. The quantitative estimate of drug-likeness (QED) is 0.648. The van der Waals surface area contributed by atoms with Gasteiger partial charge < -0.3 is 10.1 Å². The summed E-state index contributed by atoms with van der Waals surface area (Å²) in [5, 5.41) is 14.2. The van der Waals surface area contributed by atoms with E-state index in [9.17, 15) is 10.1 Å². The van der Waals surface area contributed by atoms with Crippen LogP contribution in [0.15, 0.2) is 40.9 Å². The van der Waals surface area contributed by atoms with Crippen molar-refractivity contribution in [2.45, 2.75) is 13.5 Å². The van der Waals surface area contributed by atoms with Crippen molar-refractivity contribution >= 4 is 21.6 Å².